The third-order valence-electron chi connectivity index (χ3n) is 5.32. The van der Waals surface area contributed by atoms with Gasteiger partial charge in [-0.3, -0.25) is 4.79 Å². The van der Waals surface area contributed by atoms with Crippen molar-refractivity contribution in [1.29, 1.82) is 0 Å². The zero-order valence-electron chi connectivity index (χ0n) is 17.3. The van der Waals surface area contributed by atoms with Gasteiger partial charge in [-0.25, -0.2) is 17.8 Å². The summed E-state index contributed by atoms with van der Waals surface area (Å²) in [7, 11) is -2.09. The molecule has 0 N–H and O–H groups in total. The van der Waals surface area contributed by atoms with Crippen molar-refractivity contribution in [3.63, 3.8) is 0 Å². The van der Waals surface area contributed by atoms with Crippen molar-refractivity contribution in [1.82, 2.24) is 9.88 Å². The van der Waals surface area contributed by atoms with Crippen LogP contribution in [0.5, 0.6) is 5.75 Å². The van der Waals surface area contributed by atoms with E-state index in [9.17, 15) is 17.6 Å². The van der Waals surface area contributed by atoms with Crippen LogP contribution >= 0.6 is 22.9 Å². The van der Waals surface area contributed by atoms with Crippen LogP contribution in [0.15, 0.2) is 41.3 Å². The zero-order chi connectivity index (χ0) is 22.9. The first-order valence-electron chi connectivity index (χ1n) is 9.92. The van der Waals surface area contributed by atoms with E-state index in [-0.39, 0.29) is 23.0 Å². The van der Waals surface area contributed by atoms with Crippen molar-refractivity contribution in [2.24, 2.45) is 0 Å². The predicted octanol–water partition coefficient (Wildman–Crippen LogP) is 3.61. The first-order chi connectivity index (χ1) is 15.3. The van der Waals surface area contributed by atoms with E-state index in [4.69, 9.17) is 16.3 Å². The van der Waals surface area contributed by atoms with E-state index in [1.54, 1.807) is 18.1 Å². The summed E-state index contributed by atoms with van der Waals surface area (Å²) in [4.78, 5) is 21.0. The van der Waals surface area contributed by atoms with Gasteiger partial charge in [0.05, 0.1) is 27.5 Å². The summed E-state index contributed by atoms with van der Waals surface area (Å²) < 4.78 is 44.2. The van der Waals surface area contributed by atoms with Gasteiger partial charge >= 0.3 is 0 Å². The summed E-state index contributed by atoms with van der Waals surface area (Å²) in [6.45, 7) is 2.13. The highest BCUT2D eigenvalue weighted by Crippen LogP contribution is 2.38. The summed E-state index contributed by atoms with van der Waals surface area (Å²) in [6, 6.07) is 8.31. The third kappa shape index (κ3) is 4.67. The van der Waals surface area contributed by atoms with Crippen molar-refractivity contribution in [3.05, 3.63) is 47.2 Å². The second kappa shape index (κ2) is 9.21. The first kappa shape index (κ1) is 22.8. The number of carbonyl (C=O) groups excluding carboxylic acids is 1. The van der Waals surface area contributed by atoms with Crippen LogP contribution in [0.25, 0.3) is 10.2 Å². The highest BCUT2D eigenvalue weighted by atomic mass is 35.5. The fourth-order valence-electron chi connectivity index (χ4n) is 3.55. The van der Waals surface area contributed by atoms with E-state index in [1.807, 2.05) is 6.07 Å². The highest BCUT2D eigenvalue weighted by Gasteiger charge is 2.25. The molecular formula is C21H21ClFN3O4S2. The van der Waals surface area contributed by atoms with E-state index in [0.29, 0.717) is 42.5 Å². The zero-order valence-corrected chi connectivity index (χ0v) is 19.6. The molecule has 2 heterocycles. The molecule has 0 bridgehead atoms. The molecule has 4 rings (SSSR count). The molecule has 1 saturated heterocycles. The Morgan fingerprint density at radius 2 is 1.84 bits per heavy atom. The molecule has 0 atom stereocenters. The predicted molar refractivity (Wildman–Crippen MR) is 123 cm³/mol. The van der Waals surface area contributed by atoms with Crippen LogP contribution in [-0.4, -0.2) is 63.3 Å². The Bertz CT molecular complexity index is 1240. The Morgan fingerprint density at radius 1 is 1.16 bits per heavy atom. The van der Waals surface area contributed by atoms with Crippen molar-refractivity contribution in [2.75, 3.05) is 43.9 Å². The van der Waals surface area contributed by atoms with Crippen LogP contribution in [0.4, 0.5) is 9.52 Å². The Labute approximate surface area is 194 Å². The maximum atomic E-state index is 13.0. The summed E-state index contributed by atoms with van der Waals surface area (Å²) in [5.74, 6) is -0.487. The maximum absolute atomic E-state index is 13.0. The number of benzene rings is 2. The molecular weight excluding hydrogens is 477 g/mol. The number of ether oxygens (including phenoxy) is 1. The number of hydrogen-bond acceptors (Lipinski definition) is 7. The van der Waals surface area contributed by atoms with E-state index < -0.39 is 15.7 Å². The molecule has 3 aromatic rings. The van der Waals surface area contributed by atoms with Crippen LogP contribution in [0.1, 0.15) is 6.42 Å². The monoisotopic (exact) mass is 497 g/mol. The van der Waals surface area contributed by atoms with Crippen molar-refractivity contribution in [2.45, 2.75) is 11.3 Å². The SMILES string of the molecule is COc1c(Cl)ccc2sc(N3CCN(C(=O)CCS(=O)(=O)c4ccc(F)cc4)CC3)nc12. The molecule has 1 aliphatic heterocycles. The molecule has 170 valence electrons. The van der Waals surface area contributed by atoms with E-state index >= 15 is 0 Å². The third-order valence-corrected chi connectivity index (χ3v) is 8.43. The number of thiazole rings is 1. The van der Waals surface area contributed by atoms with Crippen LogP contribution in [0.2, 0.25) is 5.02 Å². The number of nitrogens with zero attached hydrogens (tertiary/aromatic N) is 3. The lowest BCUT2D eigenvalue weighted by atomic mass is 10.3. The lowest BCUT2D eigenvalue weighted by Crippen LogP contribution is -2.49. The molecule has 32 heavy (non-hydrogen) atoms. The summed E-state index contributed by atoms with van der Waals surface area (Å²) in [6.07, 6.45) is -0.115. The smallest absolute Gasteiger partial charge is 0.223 e. The minimum Gasteiger partial charge on any atom is -0.493 e. The van der Waals surface area contributed by atoms with Crippen LogP contribution in [0, 0.1) is 5.82 Å². The van der Waals surface area contributed by atoms with Crippen LogP contribution in [-0.2, 0) is 14.6 Å². The van der Waals surface area contributed by atoms with Gasteiger partial charge in [-0.15, -0.1) is 0 Å². The molecule has 11 heteroatoms. The molecule has 1 amide bonds. The number of halogens is 2. The number of methoxy groups -OCH3 is 1. The number of piperazine rings is 1. The highest BCUT2D eigenvalue weighted by molar-refractivity contribution is 7.91. The van der Waals surface area contributed by atoms with Gasteiger partial charge in [0.1, 0.15) is 11.3 Å². The topological polar surface area (TPSA) is 79.8 Å². The van der Waals surface area contributed by atoms with Gasteiger partial charge in [0, 0.05) is 32.6 Å². The van der Waals surface area contributed by atoms with Crippen molar-refractivity contribution in [3.8, 4) is 5.75 Å². The standard InChI is InChI=1S/C21H21ClFN3O4S2/c1-30-20-16(22)6-7-17-19(20)24-21(31-17)26-11-9-25(10-12-26)18(27)8-13-32(28,29)15-4-2-14(23)3-5-15/h2-7H,8-13H2,1H3. The average molecular weight is 498 g/mol. The molecule has 0 radical (unpaired) electrons. The second-order valence-electron chi connectivity index (χ2n) is 7.31. The minimum atomic E-state index is -3.65. The lowest BCUT2D eigenvalue weighted by molar-refractivity contribution is -0.131. The van der Waals surface area contributed by atoms with Gasteiger partial charge in [-0.05, 0) is 36.4 Å². The van der Waals surface area contributed by atoms with Gasteiger partial charge in [-0.1, -0.05) is 22.9 Å². The normalized spacial score (nSPS) is 14.7. The van der Waals surface area contributed by atoms with E-state index in [0.717, 1.165) is 22.0 Å². The number of aromatic nitrogens is 1. The number of amides is 1. The number of anilines is 1. The molecule has 0 unspecified atom stereocenters. The Hall–Kier alpha value is -2.43. The summed E-state index contributed by atoms with van der Waals surface area (Å²) in [5.41, 5.74) is 0.713. The number of sulfone groups is 1. The lowest BCUT2D eigenvalue weighted by Gasteiger charge is -2.34. The molecule has 0 saturated carbocycles. The van der Waals surface area contributed by atoms with Crippen molar-refractivity contribution >= 4 is 54.0 Å². The molecule has 2 aromatic carbocycles. The van der Waals surface area contributed by atoms with Crippen LogP contribution in [0.3, 0.4) is 0 Å². The Kier molecular flexibility index (Phi) is 6.55. The summed E-state index contributed by atoms with van der Waals surface area (Å²) in [5, 5.41) is 1.33. The van der Waals surface area contributed by atoms with Gasteiger partial charge in [0.15, 0.2) is 20.7 Å². The maximum Gasteiger partial charge on any atom is 0.223 e. The molecule has 1 aromatic heterocycles. The molecule has 0 aliphatic carbocycles. The Morgan fingerprint density at radius 3 is 2.50 bits per heavy atom. The minimum absolute atomic E-state index is 0.0166. The molecule has 1 aliphatic rings. The van der Waals surface area contributed by atoms with Gasteiger partial charge in [0.25, 0.3) is 0 Å². The second-order valence-corrected chi connectivity index (χ2v) is 10.8. The number of hydrogen-bond donors (Lipinski definition) is 0. The van der Waals surface area contributed by atoms with Gasteiger partial charge < -0.3 is 14.5 Å². The number of rotatable bonds is 6. The Balaban J connectivity index is 1.36. The fraction of sp³-hybridized carbons (Fsp3) is 0.333. The van der Waals surface area contributed by atoms with Crippen LogP contribution < -0.4 is 9.64 Å². The van der Waals surface area contributed by atoms with Gasteiger partial charge in [0.2, 0.25) is 5.91 Å². The molecule has 1 fully saturated rings. The number of carbonyl (C=O) groups is 1. The quantitative estimate of drug-likeness (QED) is 0.484. The van der Waals surface area contributed by atoms with Gasteiger partial charge in [-0.2, -0.15) is 0 Å². The van der Waals surface area contributed by atoms with E-state index in [1.165, 1.54) is 23.5 Å². The van der Waals surface area contributed by atoms with E-state index in [2.05, 4.69) is 9.88 Å². The molecule has 7 nitrogen and oxygen atoms in total. The number of fused-ring (bicyclic) bond motifs is 1. The summed E-state index contributed by atoms with van der Waals surface area (Å²) >= 11 is 7.71. The fourth-order valence-corrected chi connectivity index (χ4v) is 6.03. The average Bonchev–Trinajstić information content (AvgIpc) is 3.22. The van der Waals surface area contributed by atoms with Crippen molar-refractivity contribution < 1.29 is 22.3 Å². The molecule has 0 spiro atoms. The largest absolute Gasteiger partial charge is 0.493 e. The first-order valence-corrected chi connectivity index (χ1v) is 12.8.